The molecule has 1 aromatic carbocycles. The molecule has 1 aliphatic rings. The topological polar surface area (TPSA) is 62.0 Å². The van der Waals surface area contributed by atoms with E-state index in [1.165, 1.54) is 12.1 Å². The number of H-pyrrole nitrogens is 1. The average molecular weight is 302 g/mol. The number of carbonyl (C=O) groups is 2. The first-order chi connectivity index (χ1) is 10.4. The number of aryl methyl sites for hydroxylation is 1. The molecule has 0 aliphatic carbocycles. The molecule has 1 amide bonds. The molecular weight excluding hydrogens is 290 g/mol. The van der Waals surface area contributed by atoms with E-state index < -0.39 is 17.5 Å². The van der Waals surface area contributed by atoms with E-state index in [4.69, 9.17) is 0 Å². The molecule has 0 saturated carbocycles. The smallest absolute Gasteiger partial charge is 0.256 e. The van der Waals surface area contributed by atoms with Crippen LogP contribution in [-0.4, -0.2) is 17.2 Å². The van der Waals surface area contributed by atoms with Crippen LogP contribution >= 0.6 is 0 Å². The highest BCUT2D eigenvalue weighted by molar-refractivity contribution is 6.35. The predicted molar refractivity (Wildman–Crippen MR) is 78.5 cm³/mol. The number of aromatic nitrogens is 1. The standard InChI is InChI=1S/C16H12F2N2O2/c1-7-10(6-21)8(2)19-13(7)5-9-14-12(20-16(9)22)4-3-11(17)15(14)18/h3-6,19H,1-2H3,(H,20,22)/b9-5-. The lowest BCUT2D eigenvalue weighted by atomic mass is 10.0. The van der Waals surface area contributed by atoms with Crippen LogP contribution < -0.4 is 5.32 Å². The highest BCUT2D eigenvalue weighted by Gasteiger charge is 2.29. The summed E-state index contributed by atoms with van der Waals surface area (Å²) in [5.41, 5.74) is 2.46. The molecule has 0 fully saturated rings. The monoisotopic (exact) mass is 302 g/mol. The number of rotatable bonds is 2. The van der Waals surface area contributed by atoms with Crippen molar-refractivity contribution in [3.63, 3.8) is 0 Å². The molecule has 0 saturated heterocycles. The first kappa shape index (κ1) is 14.2. The Kier molecular flexibility index (Phi) is 3.16. The molecule has 1 aromatic heterocycles. The van der Waals surface area contributed by atoms with Crippen molar-refractivity contribution in [1.82, 2.24) is 4.98 Å². The summed E-state index contributed by atoms with van der Waals surface area (Å²) >= 11 is 0. The molecule has 112 valence electrons. The van der Waals surface area contributed by atoms with Gasteiger partial charge in [0.1, 0.15) is 0 Å². The van der Waals surface area contributed by atoms with Crippen LogP contribution in [0.1, 0.15) is 32.9 Å². The number of fused-ring (bicyclic) bond motifs is 1. The van der Waals surface area contributed by atoms with Gasteiger partial charge in [-0.25, -0.2) is 8.78 Å². The van der Waals surface area contributed by atoms with Gasteiger partial charge in [0.15, 0.2) is 17.9 Å². The van der Waals surface area contributed by atoms with Crippen molar-refractivity contribution in [3.05, 3.63) is 51.8 Å². The van der Waals surface area contributed by atoms with E-state index in [1.54, 1.807) is 13.8 Å². The Bertz CT molecular complexity index is 850. The molecule has 0 bridgehead atoms. The fraction of sp³-hybridized carbons (Fsp3) is 0.125. The van der Waals surface area contributed by atoms with Gasteiger partial charge < -0.3 is 10.3 Å². The van der Waals surface area contributed by atoms with Crippen LogP contribution in [0.25, 0.3) is 11.6 Å². The van der Waals surface area contributed by atoms with E-state index in [1.807, 2.05) is 0 Å². The van der Waals surface area contributed by atoms with Gasteiger partial charge in [0, 0.05) is 22.5 Å². The minimum absolute atomic E-state index is 0.0220. The van der Waals surface area contributed by atoms with Crippen molar-refractivity contribution in [1.29, 1.82) is 0 Å². The summed E-state index contributed by atoms with van der Waals surface area (Å²) in [6.45, 7) is 3.44. The normalized spacial score (nSPS) is 15.1. The second kappa shape index (κ2) is 4.91. The second-order valence-corrected chi connectivity index (χ2v) is 5.12. The minimum Gasteiger partial charge on any atom is -0.358 e. The first-order valence-electron chi connectivity index (χ1n) is 6.59. The van der Waals surface area contributed by atoms with Crippen LogP contribution in [0.4, 0.5) is 14.5 Å². The fourth-order valence-electron chi connectivity index (χ4n) is 2.61. The van der Waals surface area contributed by atoms with E-state index >= 15 is 0 Å². The number of anilines is 1. The maximum absolute atomic E-state index is 14.0. The largest absolute Gasteiger partial charge is 0.358 e. The zero-order valence-electron chi connectivity index (χ0n) is 11.9. The van der Waals surface area contributed by atoms with Gasteiger partial charge in [-0.1, -0.05) is 0 Å². The molecule has 6 heteroatoms. The van der Waals surface area contributed by atoms with Gasteiger partial charge in [-0.05, 0) is 37.6 Å². The van der Waals surface area contributed by atoms with Crippen molar-refractivity contribution >= 4 is 29.5 Å². The van der Waals surface area contributed by atoms with Gasteiger partial charge in [0.25, 0.3) is 5.91 Å². The fourth-order valence-corrected chi connectivity index (χ4v) is 2.61. The number of halogens is 2. The molecule has 0 spiro atoms. The van der Waals surface area contributed by atoms with Crippen LogP contribution in [-0.2, 0) is 4.79 Å². The lowest BCUT2D eigenvalue weighted by molar-refractivity contribution is -0.110. The van der Waals surface area contributed by atoms with Gasteiger partial charge in [0.2, 0.25) is 0 Å². The van der Waals surface area contributed by atoms with E-state index in [0.29, 0.717) is 28.8 Å². The first-order valence-corrected chi connectivity index (χ1v) is 6.59. The van der Waals surface area contributed by atoms with Gasteiger partial charge in [-0.3, -0.25) is 9.59 Å². The number of hydrogen-bond acceptors (Lipinski definition) is 2. The summed E-state index contributed by atoms with van der Waals surface area (Å²) in [7, 11) is 0. The molecule has 0 radical (unpaired) electrons. The van der Waals surface area contributed by atoms with E-state index in [2.05, 4.69) is 10.3 Å². The van der Waals surface area contributed by atoms with Crippen LogP contribution in [0.2, 0.25) is 0 Å². The van der Waals surface area contributed by atoms with Crippen LogP contribution in [0, 0.1) is 25.5 Å². The Hall–Kier alpha value is -2.76. The van der Waals surface area contributed by atoms with Gasteiger partial charge in [-0.15, -0.1) is 0 Å². The van der Waals surface area contributed by atoms with E-state index in [9.17, 15) is 18.4 Å². The number of hydrogen-bond donors (Lipinski definition) is 2. The molecule has 22 heavy (non-hydrogen) atoms. The minimum atomic E-state index is -1.07. The van der Waals surface area contributed by atoms with Crippen LogP contribution in [0.5, 0.6) is 0 Å². The lowest BCUT2D eigenvalue weighted by Crippen LogP contribution is -2.03. The molecule has 1 aliphatic heterocycles. The van der Waals surface area contributed by atoms with Crippen molar-refractivity contribution in [2.75, 3.05) is 5.32 Å². The van der Waals surface area contributed by atoms with Crippen LogP contribution in [0.15, 0.2) is 12.1 Å². The predicted octanol–water partition coefficient (Wildman–Crippen LogP) is 3.21. The van der Waals surface area contributed by atoms with Crippen molar-refractivity contribution in [2.45, 2.75) is 13.8 Å². The van der Waals surface area contributed by atoms with Crippen molar-refractivity contribution in [3.8, 4) is 0 Å². The Morgan fingerprint density at radius 1 is 1.18 bits per heavy atom. The van der Waals surface area contributed by atoms with Crippen molar-refractivity contribution in [2.24, 2.45) is 0 Å². The van der Waals surface area contributed by atoms with E-state index in [-0.39, 0.29) is 16.8 Å². The zero-order valence-corrected chi connectivity index (χ0v) is 11.9. The Balaban J connectivity index is 2.20. The maximum Gasteiger partial charge on any atom is 0.256 e. The molecule has 2 N–H and O–H groups in total. The number of amides is 1. The molecule has 0 atom stereocenters. The summed E-state index contributed by atoms with van der Waals surface area (Å²) in [5, 5.41) is 2.49. The number of benzene rings is 1. The number of aromatic amines is 1. The molecular formula is C16H12F2N2O2. The summed E-state index contributed by atoms with van der Waals surface area (Å²) < 4.78 is 27.4. The second-order valence-electron chi connectivity index (χ2n) is 5.12. The quantitative estimate of drug-likeness (QED) is 0.661. The Morgan fingerprint density at radius 3 is 2.55 bits per heavy atom. The molecule has 2 aromatic rings. The van der Waals surface area contributed by atoms with E-state index in [0.717, 1.165) is 6.07 Å². The third-order valence-electron chi connectivity index (χ3n) is 3.80. The third-order valence-corrected chi connectivity index (χ3v) is 3.80. The zero-order chi connectivity index (χ0) is 16.0. The molecule has 4 nitrogen and oxygen atoms in total. The summed E-state index contributed by atoms with van der Waals surface area (Å²) in [5.74, 6) is -2.61. The SMILES string of the molecule is Cc1[nH]c(/C=C2\C(=O)Nc3ccc(F)c(F)c32)c(C)c1C=O. The van der Waals surface area contributed by atoms with Gasteiger partial charge in [0.05, 0.1) is 11.3 Å². The molecule has 2 heterocycles. The Labute approximate surface area is 124 Å². The lowest BCUT2D eigenvalue weighted by Gasteiger charge is -2.01. The highest BCUT2D eigenvalue weighted by Crippen LogP contribution is 2.36. The number of aldehydes is 1. The summed E-state index contributed by atoms with van der Waals surface area (Å²) in [6, 6.07) is 2.28. The van der Waals surface area contributed by atoms with Gasteiger partial charge >= 0.3 is 0 Å². The van der Waals surface area contributed by atoms with Crippen molar-refractivity contribution < 1.29 is 18.4 Å². The van der Waals surface area contributed by atoms with Gasteiger partial charge in [-0.2, -0.15) is 0 Å². The Morgan fingerprint density at radius 2 is 1.91 bits per heavy atom. The summed E-state index contributed by atoms with van der Waals surface area (Å²) in [6.07, 6.45) is 2.14. The maximum atomic E-state index is 14.0. The number of nitrogens with one attached hydrogen (secondary N) is 2. The average Bonchev–Trinajstić information content (AvgIpc) is 2.93. The molecule has 0 unspecified atom stereocenters. The third kappa shape index (κ3) is 1.95. The summed E-state index contributed by atoms with van der Waals surface area (Å²) in [4.78, 5) is 26.0. The van der Waals surface area contributed by atoms with Crippen LogP contribution in [0.3, 0.4) is 0 Å². The highest BCUT2D eigenvalue weighted by atomic mass is 19.2. The number of carbonyl (C=O) groups excluding carboxylic acids is 2. The molecule has 3 rings (SSSR count).